The number of hydrogen-bond donors (Lipinski definition) is 4. The summed E-state index contributed by atoms with van der Waals surface area (Å²) in [5.41, 5.74) is 6.81. The van der Waals surface area contributed by atoms with Crippen molar-refractivity contribution in [2.45, 2.75) is 50.6 Å². The van der Waals surface area contributed by atoms with Gasteiger partial charge in [0.1, 0.15) is 23.5 Å². The smallest absolute Gasteiger partial charge is 0.270 e. The molecule has 1 saturated carbocycles. The van der Waals surface area contributed by atoms with E-state index in [4.69, 9.17) is 10.5 Å². The highest BCUT2D eigenvalue weighted by atomic mass is 16.5. The number of aromatic nitrogens is 1. The summed E-state index contributed by atoms with van der Waals surface area (Å²) in [6, 6.07) is 5.60. The van der Waals surface area contributed by atoms with Crippen LogP contribution in [0.25, 0.3) is 10.9 Å². The van der Waals surface area contributed by atoms with Gasteiger partial charge < -0.3 is 31.0 Å². The molecule has 10 nitrogen and oxygen atoms in total. The lowest BCUT2D eigenvalue weighted by Gasteiger charge is -2.39. The van der Waals surface area contributed by atoms with E-state index in [1.54, 1.807) is 18.1 Å². The number of primary amides is 1. The van der Waals surface area contributed by atoms with Crippen molar-refractivity contribution < 1.29 is 23.9 Å². The third-order valence-corrected chi connectivity index (χ3v) is 7.82. The molecule has 1 unspecified atom stereocenters. The molecule has 3 fully saturated rings. The number of nitrogens with two attached hydrogens (primary N) is 1. The lowest BCUT2D eigenvalue weighted by Crippen LogP contribution is -2.57. The van der Waals surface area contributed by atoms with E-state index in [-0.39, 0.29) is 29.6 Å². The Balaban J connectivity index is 1.37. The summed E-state index contributed by atoms with van der Waals surface area (Å²) in [6.45, 7) is 1.00. The summed E-state index contributed by atoms with van der Waals surface area (Å²) in [5.74, 6) is -1.21. The van der Waals surface area contributed by atoms with Gasteiger partial charge in [-0.25, -0.2) is 0 Å². The molecule has 3 heterocycles. The van der Waals surface area contributed by atoms with Gasteiger partial charge in [0.2, 0.25) is 17.7 Å². The molecule has 1 aromatic carbocycles. The third kappa shape index (κ3) is 4.44. The van der Waals surface area contributed by atoms with Crippen LogP contribution in [0.1, 0.15) is 49.0 Å². The van der Waals surface area contributed by atoms with Crippen LogP contribution in [0.4, 0.5) is 0 Å². The first-order chi connectivity index (χ1) is 16.8. The van der Waals surface area contributed by atoms with Crippen molar-refractivity contribution in [1.29, 1.82) is 0 Å². The number of benzene rings is 1. The van der Waals surface area contributed by atoms with Crippen molar-refractivity contribution in [2.24, 2.45) is 17.1 Å². The van der Waals surface area contributed by atoms with Gasteiger partial charge in [-0.05, 0) is 62.1 Å². The van der Waals surface area contributed by atoms with Crippen molar-refractivity contribution >= 4 is 34.5 Å². The Kier molecular flexibility index (Phi) is 5.90. The standard InChI is InChI=1S/C25H31N5O5/c1-35-20-4-2-3-16-15(20)12-18(28-16)24(34)30-10-8-25(6-7-25)13-19(30)23(33)29-17(21(26)31)11-14-5-9-27-22(14)32/h2-4,12,14,17,19,28H,5-11,13H2,1H3,(H2,26,31)(H,27,32)(H,29,33)/t14-,17?,19-/m0/s1. The van der Waals surface area contributed by atoms with Crippen LogP contribution >= 0.6 is 0 Å². The van der Waals surface area contributed by atoms with Crippen molar-refractivity contribution in [2.75, 3.05) is 20.2 Å². The summed E-state index contributed by atoms with van der Waals surface area (Å²) in [7, 11) is 1.58. The molecule has 3 aliphatic rings. The summed E-state index contributed by atoms with van der Waals surface area (Å²) in [5, 5.41) is 6.29. The molecule has 4 amide bonds. The molecular formula is C25H31N5O5. The number of ether oxygens (including phenoxy) is 1. The first kappa shape index (κ1) is 23.2. The van der Waals surface area contributed by atoms with Gasteiger partial charge in [-0.15, -0.1) is 0 Å². The predicted molar refractivity (Wildman–Crippen MR) is 127 cm³/mol. The minimum Gasteiger partial charge on any atom is -0.496 e. The van der Waals surface area contributed by atoms with Gasteiger partial charge >= 0.3 is 0 Å². The highest BCUT2D eigenvalue weighted by Gasteiger charge is 2.51. The fraction of sp³-hybridized carbons (Fsp3) is 0.520. The minimum atomic E-state index is -0.970. The fourth-order valence-corrected chi connectivity index (χ4v) is 5.49. The average Bonchev–Trinajstić information content (AvgIpc) is 3.25. The Hall–Kier alpha value is -3.56. The second-order valence-corrected chi connectivity index (χ2v) is 10.0. The molecule has 0 radical (unpaired) electrons. The number of piperidine rings is 1. The Bertz CT molecular complexity index is 1190. The fourth-order valence-electron chi connectivity index (χ4n) is 5.49. The quantitative estimate of drug-likeness (QED) is 0.467. The average molecular weight is 482 g/mol. The molecule has 1 aliphatic carbocycles. The largest absolute Gasteiger partial charge is 0.496 e. The number of fused-ring (bicyclic) bond motifs is 1. The van der Waals surface area contributed by atoms with E-state index >= 15 is 0 Å². The Morgan fingerprint density at radius 2 is 2.09 bits per heavy atom. The number of aromatic amines is 1. The molecule has 5 N–H and O–H groups in total. The molecule has 2 aromatic rings. The van der Waals surface area contributed by atoms with E-state index < -0.39 is 23.9 Å². The van der Waals surface area contributed by atoms with E-state index in [0.29, 0.717) is 37.4 Å². The SMILES string of the molecule is COc1cccc2[nH]c(C(=O)N3CCC4(CC4)C[C@H]3C(=O)NC(C[C@@H]3CCNC3=O)C(N)=O)cc12. The summed E-state index contributed by atoms with van der Waals surface area (Å²) in [6.07, 6.45) is 4.20. The molecule has 5 rings (SSSR count). The Labute approximate surface area is 202 Å². The van der Waals surface area contributed by atoms with Crippen molar-refractivity contribution in [3.63, 3.8) is 0 Å². The number of rotatable bonds is 7. The molecule has 2 saturated heterocycles. The molecule has 0 bridgehead atoms. The van der Waals surface area contributed by atoms with E-state index in [2.05, 4.69) is 15.6 Å². The van der Waals surface area contributed by atoms with Crippen LogP contribution in [0.2, 0.25) is 0 Å². The molecule has 10 heteroatoms. The molecule has 35 heavy (non-hydrogen) atoms. The van der Waals surface area contributed by atoms with Gasteiger partial charge in [0, 0.05) is 29.9 Å². The van der Waals surface area contributed by atoms with Crippen LogP contribution in [0.15, 0.2) is 24.3 Å². The molecule has 3 atom stereocenters. The number of carbonyl (C=O) groups is 4. The van der Waals surface area contributed by atoms with Crippen molar-refractivity contribution in [3.8, 4) is 5.75 Å². The van der Waals surface area contributed by atoms with Crippen LogP contribution in [0.3, 0.4) is 0 Å². The van der Waals surface area contributed by atoms with Crippen LogP contribution < -0.4 is 21.1 Å². The number of amides is 4. The second kappa shape index (κ2) is 8.90. The number of H-pyrrole nitrogens is 1. The van der Waals surface area contributed by atoms with E-state index in [9.17, 15) is 19.2 Å². The first-order valence-electron chi connectivity index (χ1n) is 12.1. The number of nitrogens with zero attached hydrogens (tertiary/aromatic N) is 1. The van der Waals surface area contributed by atoms with E-state index in [1.807, 2.05) is 18.2 Å². The van der Waals surface area contributed by atoms with Crippen molar-refractivity contribution in [1.82, 2.24) is 20.5 Å². The van der Waals surface area contributed by atoms with Gasteiger partial charge in [0.15, 0.2) is 0 Å². The summed E-state index contributed by atoms with van der Waals surface area (Å²) in [4.78, 5) is 55.9. The topological polar surface area (TPSA) is 147 Å². The van der Waals surface area contributed by atoms with Gasteiger partial charge in [0.25, 0.3) is 5.91 Å². The predicted octanol–water partition coefficient (Wildman–Crippen LogP) is 1.06. The van der Waals surface area contributed by atoms with Crippen LogP contribution in [0, 0.1) is 11.3 Å². The zero-order valence-corrected chi connectivity index (χ0v) is 19.8. The lowest BCUT2D eigenvalue weighted by atomic mass is 9.87. The van der Waals surface area contributed by atoms with Gasteiger partial charge in [0.05, 0.1) is 7.11 Å². The maximum Gasteiger partial charge on any atom is 0.270 e. The monoisotopic (exact) mass is 481 g/mol. The van der Waals surface area contributed by atoms with Crippen LogP contribution in [0.5, 0.6) is 5.75 Å². The molecule has 1 aromatic heterocycles. The Morgan fingerprint density at radius 3 is 2.74 bits per heavy atom. The zero-order valence-electron chi connectivity index (χ0n) is 19.8. The maximum atomic E-state index is 13.6. The number of nitrogens with one attached hydrogen (secondary N) is 3. The third-order valence-electron chi connectivity index (χ3n) is 7.82. The molecular weight excluding hydrogens is 450 g/mol. The Morgan fingerprint density at radius 1 is 1.29 bits per heavy atom. The summed E-state index contributed by atoms with van der Waals surface area (Å²) < 4.78 is 5.41. The number of likely N-dealkylation sites (tertiary alicyclic amines) is 1. The van der Waals surface area contributed by atoms with E-state index in [1.165, 1.54) is 0 Å². The van der Waals surface area contributed by atoms with Crippen LogP contribution in [-0.2, 0) is 14.4 Å². The molecule has 2 aliphatic heterocycles. The first-order valence-corrected chi connectivity index (χ1v) is 12.1. The number of hydrogen-bond acceptors (Lipinski definition) is 5. The summed E-state index contributed by atoms with van der Waals surface area (Å²) >= 11 is 0. The van der Waals surface area contributed by atoms with Gasteiger partial charge in [-0.2, -0.15) is 0 Å². The number of carbonyl (C=O) groups excluding carboxylic acids is 4. The highest BCUT2D eigenvalue weighted by molar-refractivity contribution is 6.02. The number of methoxy groups -OCH3 is 1. The second-order valence-electron chi connectivity index (χ2n) is 10.0. The van der Waals surface area contributed by atoms with Gasteiger partial charge in [-0.3, -0.25) is 19.2 Å². The normalized spacial score (nSPS) is 23.7. The maximum absolute atomic E-state index is 13.6. The zero-order chi connectivity index (χ0) is 24.7. The molecule has 186 valence electrons. The lowest BCUT2D eigenvalue weighted by molar-refractivity contribution is -0.132. The highest BCUT2D eigenvalue weighted by Crippen LogP contribution is 2.55. The van der Waals surface area contributed by atoms with Crippen LogP contribution in [-0.4, -0.2) is 65.8 Å². The minimum absolute atomic E-state index is 0.0794. The van der Waals surface area contributed by atoms with Gasteiger partial charge in [-0.1, -0.05) is 6.07 Å². The van der Waals surface area contributed by atoms with E-state index in [0.717, 1.165) is 30.2 Å². The van der Waals surface area contributed by atoms with Crippen molar-refractivity contribution in [3.05, 3.63) is 30.0 Å². The molecule has 1 spiro atoms.